The highest BCUT2D eigenvalue weighted by Gasteiger charge is 2.16. The Morgan fingerprint density at radius 1 is 0.333 bits per heavy atom. The summed E-state index contributed by atoms with van der Waals surface area (Å²) in [6.45, 7) is 4.03. The van der Waals surface area contributed by atoms with Crippen LogP contribution in [0.15, 0.2) is 97.2 Å². The van der Waals surface area contributed by atoms with Crippen LogP contribution in [0.2, 0.25) is 0 Å². The number of allylic oxidation sites excluding steroid dienone is 16. The van der Waals surface area contributed by atoms with Crippen LogP contribution in [0.25, 0.3) is 0 Å². The Bertz CT molecular complexity index is 1360. The number of aliphatic hydroxyl groups is 1. The monoisotopic (exact) mass is 1000 g/mol. The van der Waals surface area contributed by atoms with Crippen molar-refractivity contribution >= 4 is 11.9 Å². The molecule has 72 heavy (non-hydrogen) atoms. The van der Waals surface area contributed by atoms with Gasteiger partial charge in [0.05, 0.1) is 6.61 Å². The van der Waals surface area contributed by atoms with Crippen LogP contribution in [0.1, 0.15) is 296 Å². The third-order valence-electron chi connectivity index (χ3n) is 13.4. The molecular weight excluding hydrogens is 885 g/mol. The van der Waals surface area contributed by atoms with E-state index in [0.29, 0.717) is 12.8 Å². The predicted octanol–water partition coefficient (Wildman–Crippen LogP) is 21.1. The third kappa shape index (κ3) is 59.4. The number of ether oxygens (including phenoxy) is 2. The normalized spacial score (nSPS) is 12.9. The predicted molar refractivity (Wildman–Crippen MR) is 316 cm³/mol. The first-order valence-electron chi connectivity index (χ1n) is 30.8. The number of hydrogen-bond donors (Lipinski definition) is 1. The molecule has 0 radical (unpaired) electrons. The van der Waals surface area contributed by atoms with Gasteiger partial charge in [0.1, 0.15) is 6.61 Å². The van der Waals surface area contributed by atoms with Crippen LogP contribution in [-0.4, -0.2) is 36.4 Å². The Morgan fingerprint density at radius 3 is 0.917 bits per heavy atom. The second-order valence-corrected chi connectivity index (χ2v) is 20.4. The minimum Gasteiger partial charge on any atom is -0.462 e. The molecule has 0 spiro atoms. The molecule has 0 heterocycles. The second kappa shape index (κ2) is 62.1. The molecule has 0 saturated carbocycles. The van der Waals surface area contributed by atoms with Crippen LogP contribution >= 0.6 is 0 Å². The lowest BCUT2D eigenvalue weighted by Crippen LogP contribution is -2.28. The van der Waals surface area contributed by atoms with Crippen LogP contribution in [0.3, 0.4) is 0 Å². The summed E-state index contributed by atoms with van der Waals surface area (Å²) in [5.41, 5.74) is 0. The van der Waals surface area contributed by atoms with Gasteiger partial charge in [0.2, 0.25) is 0 Å². The molecule has 0 aromatic carbocycles. The average Bonchev–Trinajstić information content (AvgIpc) is 3.38. The smallest absolute Gasteiger partial charge is 0.306 e. The topological polar surface area (TPSA) is 72.8 Å². The van der Waals surface area contributed by atoms with E-state index < -0.39 is 6.10 Å². The summed E-state index contributed by atoms with van der Waals surface area (Å²) in [5, 5.41) is 9.67. The van der Waals surface area contributed by atoms with E-state index in [-0.39, 0.29) is 25.2 Å². The molecule has 1 atom stereocenters. The zero-order chi connectivity index (χ0) is 52.0. The van der Waals surface area contributed by atoms with Crippen LogP contribution in [0, 0.1) is 0 Å². The largest absolute Gasteiger partial charge is 0.462 e. The molecule has 5 nitrogen and oxygen atoms in total. The van der Waals surface area contributed by atoms with Crippen molar-refractivity contribution in [2.75, 3.05) is 13.2 Å². The molecule has 0 aromatic rings. The first kappa shape index (κ1) is 68.8. The molecular formula is C67H116O5. The minimum absolute atomic E-state index is 0.0766. The lowest BCUT2D eigenvalue weighted by Gasteiger charge is -2.15. The van der Waals surface area contributed by atoms with Crippen molar-refractivity contribution in [2.45, 2.75) is 302 Å². The molecule has 0 aliphatic rings. The molecule has 1 N–H and O–H groups in total. The molecule has 1 unspecified atom stereocenters. The summed E-state index contributed by atoms with van der Waals surface area (Å²) in [6, 6.07) is 0. The number of aliphatic hydroxyl groups excluding tert-OH is 1. The third-order valence-corrected chi connectivity index (χ3v) is 13.4. The fraction of sp³-hybridized carbons (Fsp3) is 0.731. The SMILES string of the molecule is CC/C=C\C/C=C\C/C=C\C/C=C\C/C=C\C/C=C\C/C=C\CCCCCCCC(=O)OC(CO)COC(=O)CCCCCCCCCCCCCCCCCCCCC/C=C\CCCCCCCCCC. The van der Waals surface area contributed by atoms with Gasteiger partial charge in [0, 0.05) is 12.8 Å². The maximum absolute atomic E-state index is 12.3. The van der Waals surface area contributed by atoms with E-state index in [4.69, 9.17) is 9.47 Å². The van der Waals surface area contributed by atoms with Crippen molar-refractivity contribution in [3.63, 3.8) is 0 Å². The van der Waals surface area contributed by atoms with Crippen molar-refractivity contribution in [1.29, 1.82) is 0 Å². The van der Waals surface area contributed by atoms with Gasteiger partial charge in [-0.2, -0.15) is 0 Å². The van der Waals surface area contributed by atoms with Crippen LogP contribution < -0.4 is 0 Å². The van der Waals surface area contributed by atoms with Gasteiger partial charge in [0.25, 0.3) is 0 Å². The van der Waals surface area contributed by atoms with Crippen molar-refractivity contribution in [3.05, 3.63) is 97.2 Å². The number of carbonyl (C=O) groups excluding carboxylic acids is 2. The van der Waals surface area contributed by atoms with Crippen molar-refractivity contribution < 1.29 is 24.2 Å². The highest BCUT2D eigenvalue weighted by molar-refractivity contribution is 5.70. The van der Waals surface area contributed by atoms with Gasteiger partial charge in [-0.3, -0.25) is 9.59 Å². The van der Waals surface area contributed by atoms with E-state index in [1.54, 1.807) is 0 Å². The minimum atomic E-state index is -0.789. The summed E-state index contributed by atoms with van der Waals surface area (Å²) >= 11 is 0. The average molecular weight is 1000 g/mol. The van der Waals surface area contributed by atoms with Gasteiger partial charge in [-0.15, -0.1) is 0 Å². The molecule has 0 aliphatic heterocycles. The summed E-state index contributed by atoms with van der Waals surface area (Å²) in [6.07, 6.45) is 88.3. The van der Waals surface area contributed by atoms with E-state index in [1.807, 2.05) is 0 Å². The zero-order valence-electron chi connectivity index (χ0n) is 47.4. The summed E-state index contributed by atoms with van der Waals surface area (Å²) in [4.78, 5) is 24.6. The maximum atomic E-state index is 12.3. The molecule has 0 bridgehead atoms. The molecule has 0 aromatic heterocycles. The first-order chi connectivity index (χ1) is 35.6. The Labute approximate surface area is 447 Å². The van der Waals surface area contributed by atoms with E-state index in [0.717, 1.165) is 103 Å². The van der Waals surface area contributed by atoms with Gasteiger partial charge in [-0.1, -0.05) is 284 Å². The van der Waals surface area contributed by atoms with Crippen LogP contribution in [-0.2, 0) is 19.1 Å². The Hall–Kier alpha value is -3.18. The number of carbonyl (C=O) groups is 2. The summed E-state index contributed by atoms with van der Waals surface area (Å²) in [7, 11) is 0. The molecule has 0 fully saturated rings. The van der Waals surface area contributed by atoms with E-state index >= 15 is 0 Å². The molecule has 0 amide bonds. The number of esters is 2. The van der Waals surface area contributed by atoms with Crippen molar-refractivity contribution in [3.8, 4) is 0 Å². The van der Waals surface area contributed by atoms with E-state index in [2.05, 4.69) is 111 Å². The molecule has 0 aliphatic carbocycles. The van der Waals surface area contributed by atoms with Gasteiger partial charge in [0.15, 0.2) is 6.10 Å². The van der Waals surface area contributed by atoms with E-state index in [9.17, 15) is 14.7 Å². The fourth-order valence-electron chi connectivity index (χ4n) is 8.77. The van der Waals surface area contributed by atoms with E-state index in [1.165, 1.54) is 167 Å². The van der Waals surface area contributed by atoms with Crippen molar-refractivity contribution in [1.82, 2.24) is 0 Å². The first-order valence-corrected chi connectivity index (χ1v) is 30.8. The Kier molecular flexibility index (Phi) is 59.4. The second-order valence-electron chi connectivity index (χ2n) is 20.4. The molecule has 5 heteroatoms. The molecule has 414 valence electrons. The quantitative estimate of drug-likeness (QED) is 0.0373. The summed E-state index contributed by atoms with van der Waals surface area (Å²) in [5.74, 6) is -0.608. The van der Waals surface area contributed by atoms with Crippen LogP contribution in [0.5, 0.6) is 0 Å². The number of hydrogen-bond acceptors (Lipinski definition) is 5. The highest BCUT2D eigenvalue weighted by atomic mass is 16.6. The van der Waals surface area contributed by atoms with Crippen LogP contribution in [0.4, 0.5) is 0 Å². The molecule has 0 rings (SSSR count). The standard InChI is InChI=1S/C67H116O5/c1-3-5-7-9-11-13-15-17-19-21-23-25-27-29-31-32-33-34-36-37-39-41-43-45-47-49-51-53-55-57-59-61-66(69)71-64-65(63-68)72-67(70)62-60-58-56-54-52-50-48-46-44-42-40-38-35-30-28-26-24-22-20-18-16-14-12-10-8-6-4-2/h6,8,12,14,18,20-21,23-24,26,30,35,40,42,46,48,65,68H,3-5,7,9-11,13,15-17,19,22,25,27-29,31-34,36-39,41,43-45,47,49-64H2,1-2H3/b8-6-,14-12-,20-18-,23-21-,26-24-,35-30-,42-40-,48-46-. The van der Waals surface area contributed by atoms with Gasteiger partial charge in [-0.25, -0.2) is 0 Å². The lowest BCUT2D eigenvalue weighted by atomic mass is 10.0. The Balaban J connectivity index is 3.51. The molecule has 0 saturated heterocycles. The lowest BCUT2D eigenvalue weighted by molar-refractivity contribution is -0.161. The van der Waals surface area contributed by atoms with Crippen molar-refractivity contribution in [2.24, 2.45) is 0 Å². The number of rotatable bonds is 56. The maximum Gasteiger partial charge on any atom is 0.306 e. The highest BCUT2D eigenvalue weighted by Crippen LogP contribution is 2.17. The number of unbranched alkanes of at least 4 members (excludes halogenated alkanes) is 32. The zero-order valence-corrected chi connectivity index (χ0v) is 47.4. The van der Waals surface area contributed by atoms with Gasteiger partial charge in [-0.05, 0) is 96.3 Å². The summed E-state index contributed by atoms with van der Waals surface area (Å²) < 4.78 is 10.7. The Morgan fingerprint density at radius 2 is 0.597 bits per heavy atom. The van der Waals surface area contributed by atoms with Gasteiger partial charge >= 0.3 is 11.9 Å². The van der Waals surface area contributed by atoms with Gasteiger partial charge < -0.3 is 14.6 Å². The fourth-order valence-corrected chi connectivity index (χ4v) is 8.77.